The van der Waals surface area contributed by atoms with Gasteiger partial charge in [0, 0.05) is 4.75 Å². The second-order valence-corrected chi connectivity index (χ2v) is 5.24. The minimum atomic E-state index is -0.392. The van der Waals surface area contributed by atoms with Gasteiger partial charge in [-0.05, 0) is 32.0 Å². The number of carbonyl (C=O) groups is 1. The average Bonchev–Trinajstić information content (AvgIpc) is 1.81. The van der Waals surface area contributed by atoms with Crippen molar-refractivity contribution in [2.75, 3.05) is 6.61 Å². The standard InChI is InChI=1S/C9H18O3S/c1-5-12-8(11)13-9(3,4)6-7(2)10/h7,10H,5-6H2,1-4H3. The van der Waals surface area contributed by atoms with Crippen LogP contribution in [0.3, 0.4) is 0 Å². The zero-order chi connectivity index (χ0) is 10.5. The van der Waals surface area contributed by atoms with Crippen molar-refractivity contribution in [3.05, 3.63) is 0 Å². The molecule has 0 saturated heterocycles. The minimum absolute atomic E-state index is 0.263. The van der Waals surface area contributed by atoms with Crippen LogP contribution in [0.15, 0.2) is 0 Å². The Kier molecular flexibility index (Phi) is 5.40. The Balaban J connectivity index is 3.93. The molecule has 1 atom stereocenters. The lowest BCUT2D eigenvalue weighted by molar-refractivity contribution is 0.171. The summed E-state index contributed by atoms with van der Waals surface area (Å²) < 4.78 is 4.54. The molecule has 0 aliphatic rings. The van der Waals surface area contributed by atoms with Crippen LogP contribution in [0.1, 0.15) is 34.1 Å². The molecule has 3 nitrogen and oxygen atoms in total. The fourth-order valence-corrected chi connectivity index (χ4v) is 2.08. The van der Waals surface area contributed by atoms with Crippen molar-refractivity contribution in [1.29, 1.82) is 0 Å². The molecular weight excluding hydrogens is 188 g/mol. The second-order valence-electron chi connectivity index (χ2n) is 3.60. The van der Waals surface area contributed by atoms with Gasteiger partial charge in [-0.15, -0.1) is 0 Å². The lowest BCUT2D eigenvalue weighted by Gasteiger charge is -2.23. The van der Waals surface area contributed by atoms with Crippen molar-refractivity contribution in [2.45, 2.75) is 45.0 Å². The quantitative estimate of drug-likeness (QED) is 0.718. The summed E-state index contributed by atoms with van der Waals surface area (Å²) in [5.74, 6) is 0. The normalized spacial score (nSPS) is 13.9. The van der Waals surface area contributed by atoms with Gasteiger partial charge >= 0.3 is 5.30 Å². The first-order valence-electron chi connectivity index (χ1n) is 4.41. The van der Waals surface area contributed by atoms with Gasteiger partial charge in [0.15, 0.2) is 0 Å². The summed E-state index contributed by atoms with van der Waals surface area (Å²) in [4.78, 5) is 11.1. The van der Waals surface area contributed by atoms with E-state index in [2.05, 4.69) is 0 Å². The van der Waals surface area contributed by atoms with Crippen LogP contribution in [0.25, 0.3) is 0 Å². The van der Waals surface area contributed by atoms with Crippen LogP contribution >= 0.6 is 11.8 Å². The summed E-state index contributed by atoms with van der Waals surface area (Å²) in [5.41, 5.74) is 0. The van der Waals surface area contributed by atoms with Gasteiger partial charge in [-0.1, -0.05) is 13.8 Å². The molecular formula is C9H18O3S. The largest absolute Gasteiger partial charge is 0.458 e. The molecule has 1 N–H and O–H groups in total. The molecule has 13 heavy (non-hydrogen) atoms. The Morgan fingerprint density at radius 2 is 2.15 bits per heavy atom. The van der Waals surface area contributed by atoms with Crippen LogP contribution in [0.5, 0.6) is 0 Å². The third-order valence-electron chi connectivity index (χ3n) is 1.41. The first kappa shape index (κ1) is 12.8. The van der Waals surface area contributed by atoms with E-state index < -0.39 is 6.10 Å². The smallest absolute Gasteiger partial charge is 0.367 e. The maximum absolute atomic E-state index is 11.1. The van der Waals surface area contributed by atoms with Crippen molar-refractivity contribution >= 4 is 17.1 Å². The molecule has 0 aliphatic carbocycles. The summed E-state index contributed by atoms with van der Waals surface area (Å²) >= 11 is 1.13. The third kappa shape index (κ3) is 6.90. The van der Waals surface area contributed by atoms with E-state index >= 15 is 0 Å². The van der Waals surface area contributed by atoms with E-state index in [4.69, 9.17) is 9.84 Å². The maximum atomic E-state index is 11.1. The van der Waals surface area contributed by atoms with E-state index in [-0.39, 0.29) is 10.0 Å². The Bertz CT molecular complexity index is 166. The molecule has 0 spiro atoms. The van der Waals surface area contributed by atoms with Crippen molar-refractivity contribution < 1.29 is 14.6 Å². The number of carbonyl (C=O) groups excluding carboxylic acids is 1. The van der Waals surface area contributed by atoms with E-state index in [1.807, 2.05) is 13.8 Å². The number of hydrogen-bond acceptors (Lipinski definition) is 4. The molecule has 0 aromatic heterocycles. The number of aliphatic hydroxyl groups excluding tert-OH is 1. The Morgan fingerprint density at radius 1 is 1.62 bits per heavy atom. The van der Waals surface area contributed by atoms with E-state index in [1.165, 1.54) is 0 Å². The topological polar surface area (TPSA) is 46.5 Å². The molecule has 0 aliphatic heterocycles. The first-order valence-corrected chi connectivity index (χ1v) is 5.23. The number of thioether (sulfide) groups is 1. The SMILES string of the molecule is CCOC(=O)SC(C)(C)CC(C)O. The van der Waals surface area contributed by atoms with Crippen molar-refractivity contribution in [3.63, 3.8) is 0 Å². The van der Waals surface area contributed by atoms with Gasteiger partial charge in [-0.2, -0.15) is 0 Å². The highest BCUT2D eigenvalue weighted by atomic mass is 32.2. The molecule has 4 heteroatoms. The van der Waals surface area contributed by atoms with Gasteiger partial charge in [0.2, 0.25) is 0 Å². The number of hydrogen-bond donors (Lipinski definition) is 1. The fourth-order valence-electron chi connectivity index (χ4n) is 1.13. The molecule has 0 heterocycles. The molecule has 0 radical (unpaired) electrons. The summed E-state index contributed by atoms with van der Waals surface area (Å²) in [5, 5.41) is 8.90. The fraction of sp³-hybridized carbons (Fsp3) is 0.889. The Hall–Kier alpha value is -0.220. The lowest BCUT2D eigenvalue weighted by atomic mass is 10.1. The number of ether oxygens (including phenoxy) is 1. The van der Waals surface area contributed by atoms with Crippen LogP contribution < -0.4 is 0 Å². The Morgan fingerprint density at radius 3 is 2.54 bits per heavy atom. The monoisotopic (exact) mass is 206 g/mol. The van der Waals surface area contributed by atoms with Crippen molar-refractivity contribution in [2.24, 2.45) is 0 Å². The predicted molar refractivity (Wildman–Crippen MR) is 55.0 cm³/mol. The summed E-state index contributed by atoms with van der Waals surface area (Å²) in [6.07, 6.45) is 0.188. The van der Waals surface area contributed by atoms with E-state index in [0.29, 0.717) is 13.0 Å². The van der Waals surface area contributed by atoms with Crippen molar-refractivity contribution in [3.8, 4) is 0 Å². The zero-order valence-corrected chi connectivity index (χ0v) is 9.48. The van der Waals surface area contributed by atoms with Crippen LogP contribution in [-0.2, 0) is 4.74 Å². The molecule has 0 amide bonds. The highest BCUT2D eigenvalue weighted by Gasteiger charge is 2.25. The number of rotatable bonds is 4. The molecule has 0 saturated carbocycles. The number of aliphatic hydroxyl groups is 1. The van der Waals surface area contributed by atoms with Crippen LogP contribution in [0, 0.1) is 0 Å². The van der Waals surface area contributed by atoms with Crippen LogP contribution in [-0.4, -0.2) is 27.9 Å². The van der Waals surface area contributed by atoms with Gasteiger partial charge < -0.3 is 9.84 Å². The Labute approximate surface area is 83.9 Å². The minimum Gasteiger partial charge on any atom is -0.458 e. The van der Waals surface area contributed by atoms with E-state index in [1.54, 1.807) is 13.8 Å². The second kappa shape index (κ2) is 5.50. The van der Waals surface area contributed by atoms with E-state index in [0.717, 1.165) is 11.8 Å². The van der Waals surface area contributed by atoms with Crippen molar-refractivity contribution in [1.82, 2.24) is 0 Å². The third-order valence-corrected chi connectivity index (χ3v) is 2.41. The maximum Gasteiger partial charge on any atom is 0.367 e. The molecule has 0 fully saturated rings. The molecule has 0 bridgehead atoms. The zero-order valence-electron chi connectivity index (χ0n) is 8.66. The van der Waals surface area contributed by atoms with Gasteiger partial charge in [0.05, 0.1) is 12.7 Å². The van der Waals surface area contributed by atoms with E-state index in [9.17, 15) is 4.79 Å². The van der Waals surface area contributed by atoms with Gasteiger partial charge in [-0.25, -0.2) is 4.79 Å². The molecule has 1 unspecified atom stereocenters. The van der Waals surface area contributed by atoms with Crippen LogP contribution in [0.2, 0.25) is 0 Å². The summed E-state index contributed by atoms with van der Waals surface area (Å²) in [7, 11) is 0. The molecule has 0 aromatic carbocycles. The molecule has 0 aromatic rings. The highest BCUT2D eigenvalue weighted by Crippen LogP contribution is 2.30. The average molecular weight is 206 g/mol. The summed E-state index contributed by atoms with van der Waals surface area (Å²) in [6, 6.07) is 0. The predicted octanol–water partition coefficient (Wildman–Crippen LogP) is 2.43. The lowest BCUT2D eigenvalue weighted by Crippen LogP contribution is -2.23. The van der Waals surface area contributed by atoms with Gasteiger partial charge in [0.25, 0.3) is 0 Å². The van der Waals surface area contributed by atoms with Gasteiger partial charge in [-0.3, -0.25) is 0 Å². The van der Waals surface area contributed by atoms with Gasteiger partial charge in [0.1, 0.15) is 0 Å². The molecule has 78 valence electrons. The highest BCUT2D eigenvalue weighted by molar-refractivity contribution is 8.14. The summed E-state index contributed by atoms with van der Waals surface area (Å²) in [6.45, 7) is 7.73. The first-order chi connectivity index (χ1) is 5.87. The molecule has 0 rings (SSSR count). The van der Waals surface area contributed by atoms with Crippen LogP contribution in [0.4, 0.5) is 4.79 Å².